The summed E-state index contributed by atoms with van der Waals surface area (Å²) in [5.41, 5.74) is 0. The molecular weight excluding hydrogens is 264 g/mol. The summed E-state index contributed by atoms with van der Waals surface area (Å²) in [6, 6.07) is 0. The van der Waals surface area contributed by atoms with E-state index >= 15 is 0 Å². The van der Waals surface area contributed by atoms with Crippen LogP contribution in [-0.2, 0) is 36.4 Å². The van der Waals surface area contributed by atoms with E-state index in [-0.39, 0.29) is 0 Å². The third-order valence-electron chi connectivity index (χ3n) is 1.45. The van der Waals surface area contributed by atoms with Gasteiger partial charge in [0.1, 0.15) is 0 Å². The summed E-state index contributed by atoms with van der Waals surface area (Å²) in [7, 11) is 0. The van der Waals surface area contributed by atoms with Crippen LogP contribution in [0, 0.1) is 0 Å². The summed E-state index contributed by atoms with van der Waals surface area (Å²) in [5, 5.41) is 16.8. The molecule has 0 bridgehead atoms. The Bertz CT molecular complexity index is 327. The van der Waals surface area contributed by atoms with Crippen molar-refractivity contribution in [2.75, 3.05) is 0 Å². The molecule has 0 rings (SSSR count). The van der Waals surface area contributed by atoms with E-state index in [1.54, 1.807) is 0 Å². The number of hydrogen-bond donors (Lipinski definition) is 4. The van der Waals surface area contributed by atoms with E-state index in [4.69, 9.17) is 17.6 Å². The van der Waals surface area contributed by atoms with E-state index in [0.29, 0.717) is 0 Å². The van der Waals surface area contributed by atoms with Crippen LogP contribution in [0.1, 0.15) is 13.8 Å². The molecule has 2 atom stereocenters. The maximum absolute atomic E-state index is 11.2. The van der Waals surface area contributed by atoms with E-state index in [2.05, 4.69) is 6.64 Å². The minimum atomic E-state index is -7.14. The van der Waals surface area contributed by atoms with Crippen LogP contribution in [0.4, 0.5) is 0 Å². The fourth-order valence-electron chi connectivity index (χ4n) is 0.733. The average Bonchev–Trinajstić information content (AvgIpc) is 2.00. The molecule has 0 fully saturated rings. The molecule has 0 saturated carbocycles. The molecule has 9 nitrogen and oxygen atoms in total. The molecule has 10 heteroatoms. The van der Waals surface area contributed by atoms with Gasteiger partial charge in [-0.1, -0.05) is 0 Å². The van der Waals surface area contributed by atoms with Crippen molar-refractivity contribution in [3.63, 3.8) is 0 Å². The zero-order valence-corrected chi connectivity index (χ0v) is 10.0. The summed E-state index contributed by atoms with van der Waals surface area (Å²) in [6.07, 6.45) is -3.63. The van der Waals surface area contributed by atoms with E-state index < -0.39 is 41.0 Å². The van der Waals surface area contributed by atoms with Gasteiger partial charge in [0, 0.05) is 0 Å². The van der Waals surface area contributed by atoms with E-state index in [1.165, 1.54) is 0 Å². The van der Waals surface area contributed by atoms with Crippen LogP contribution in [0.15, 0.2) is 0 Å². The zero-order valence-electron chi connectivity index (χ0n) is 8.48. The molecule has 0 aromatic heterocycles. The fourth-order valence-corrected chi connectivity index (χ4v) is 3.02. The summed E-state index contributed by atoms with van der Waals surface area (Å²) >= 11 is -7.14. The molecule has 0 spiro atoms. The first-order chi connectivity index (χ1) is 6.92. The first-order valence-electron chi connectivity index (χ1n) is 4.12. The van der Waals surface area contributed by atoms with Gasteiger partial charge in [0.2, 0.25) is 0 Å². The van der Waals surface area contributed by atoms with E-state index in [1.807, 2.05) is 0 Å². The molecule has 0 heterocycles. The van der Waals surface area contributed by atoms with Crippen LogP contribution in [0.5, 0.6) is 0 Å². The van der Waals surface area contributed by atoms with Crippen molar-refractivity contribution >= 4 is 11.9 Å². The first-order valence-corrected chi connectivity index (χ1v) is 7.43. The van der Waals surface area contributed by atoms with Crippen LogP contribution >= 0.6 is 0 Å². The third kappa shape index (κ3) is 5.40. The molecular formula is C6H12O9Ti. The van der Waals surface area contributed by atoms with Crippen LogP contribution in [0.25, 0.3) is 0 Å². The Morgan fingerprint density at radius 3 is 1.44 bits per heavy atom. The Kier molecular flexibility index (Phi) is 4.45. The Labute approximate surface area is 92.3 Å². The van der Waals surface area contributed by atoms with Gasteiger partial charge in [-0.2, -0.15) is 0 Å². The predicted molar refractivity (Wildman–Crippen MR) is 41.5 cm³/mol. The van der Waals surface area contributed by atoms with Gasteiger partial charge < -0.3 is 0 Å². The van der Waals surface area contributed by atoms with Gasteiger partial charge in [-0.25, -0.2) is 0 Å². The average molecular weight is 276 g/mol. The minimum absolute atomic E-state index is 0.879. The number of aliphatic carboxylic acids is 2. The monoisotopic (exact) mass is 276 g/mol. The fraction of sp³-hybridized carbons (Fsp3) is 0.667. The molecule has 0 radical (unpaired) electrons. The Balaban J connectivity index is 4.78. The molecule has 0 aliphatic rings. The summed E-state index contributed by atoms with van der Waals surface area (Å²) in [4.78, 5) is 20.6. The molecule has 16 heavy (non-hydrogen) atoms. The molecule has 0 aliphatic heterocycles. The standard InChI is InChI=1S/2C3H5O3.2H2O.O.Ti/c2*1-2(4)3(5)6;;;;/h2*2H,1H3,(H,5,6);2*1H2;;/q2*-1;;;;+4/p-2. The summed E-state index contributed by atoms with van der Waals surface area (Å²) in [6.45, 7) is 1.76. The molecule has 0 aromatic rings. The number of hydrogen-bond acceptors (Lipinski definition) is 5. The third-order valence-corrected chi connectivity index (χ3v) is 3.82. The number of carboxylic acid groups (broad SMARTS) is 2. The Morgan fingerprint density at radius 1 is 1.00 bits per heavy atom. The Hall–Kier alpha value is -0.706. The molecule has 94 valence electrons. The maximum atomic E-state index is 11.2. The number of carboxylic acids is 2. The summed E-state index contributed by atoms with van der Waals surface area (Å²) < 4.78 is 37.3. The van der Waals surface area contributed by atoms with E-state index in [0.717, 1.165) is 13.8 Å². The van der Waals surface area contributed by atoms with Gasteiger partial charge in [-0.15, -0.1) is 0 Å². The molecule has 2 unspecified atom stereocenters. The van der Waals surface area contributed by atoms with Crippen molar-refractivity contribution in [1.82, 2.24) is 0 Å². The van der Waals surface area contributed by atoms with Crippen molar-refractivity contribution in [2.45, 2.75) is 26.1 Å². The second-order valence-corrected chi connectivity index (χ2v) is 6.63. The van der Waals surface area contributed by atoms with Crippen LogP contribution < -0.4 is 0 Å². The molecule has 0 aromatic carbocycles. The Morgan fingerprint density at radius 2 is 1.25 bits per heavy atom. The van der Waals surface area contributed by atoms with Gasteiger partial charge in [0.15, 0.2) is 0 Å². The topological polar surface area (TPSA) is 151 Å². The second-order valence-electron chi connectivity index (χ2n) is 3.09. The SMILES string of the molecule is CC([O][Ti](=[O])([OH])([OH])[O]C(C)C(=O)O)C(=O)O. The normalized spacial score (nSPS) is 16.6. The zero-order chi connectivity index (χ0) is 13.2. The van der Waals surface area contributed by atoms with Crippen LogP contribution in [0.2, 0.25) is 0 Å². The van der Waals surface area contributed by atoms with Crippen molar-refractivity contribution < 1.29 is 54.0 Å². The molecule has 0 saturated heterocycles. The van der Waals surface area contributed by atoms with E-state index in [9.17, 15) is 12.9 Å². The van der Waals surface area contributed by atoms with Crippen molar-refractivity contribution in [2.24, 2.45) is 0 Å². The predicted octanol–water partition coefficient (Wildman–Crippen LogP) is -1.35. The van der Waals surface area contributed by atoms with Gasteiger partial charge in [0.25, 0.3) is 0 Å². The van der Waals surface area contributed by atoms with Gasteiger partial charge >= 0.3 is 92.0 Å². The van der Waals surface area contributed by atoms with Crippen LogP contribution in [-0.4, -0.2) is 41.7 Å². The number of rotatable bonds is 6. The van der Waals surface area contributed by atoms with Crippen molar-refractivity contribution in [1.29, 1.82) is 0 Å². The van der Waals surface area contributed by atoms with Gasteiger partial charge in [-0.05, 0) is 0 Å². The van der Waals surface area contributed by atoms with Gasteiger partial charge in [0.05, 0.1) is 0 Å². The molecule has 0 aliphatic carbocycles. The first kappa shape index (κ1) is 15.3. The van der Waals surface area contributed by atoms with Gasteiger partial charge in [-0.3, -0.25) is 0 Å². The van der Waals surface area contributed by atoms with Crippen molar-refractivity contribution in [3.05, 3.63) is 0 Å². The quantitative estimate of drug-likeness (QED) is 0.431. The van der Waals surface area contributed by atoms with Crippen molar-refractivity contribution in [3.8, 4) is 0 Å². The van der Waals surface area contributed by atoms with Crippen LogP contribution in [0.3, 0.4) is 0 Å². The molecule has 0 amide bonds. The number of carbonyl (C=O) groups is 2. The second kappa shape index (κ2) is 4.66. The molecule has 4 N–H and O–H groups in total. The summed E-state index contributed by atoms with van der Waals surface area (Å²) in [5.74, 6) is -3.22.